The zero-order valence-electron chi connectivity index (χ0n) is 16.0. The summed E-state index contributed by atoms with van der Waals surface area (Å²) in [6.07, 6.45) is 24.4. The van der Waals surface area contributed by atoms with Crippen LogP contribution in [0.1, 0.15) is 96.8 Å². The third-order valence-corrected chi connectivity index (χ3v) is 4.55. The number of rotatable bonds is 15. The SMILES string of the molecule is CCCCCCCCCCCCCCCC[n+]1ccccc1.[Cl-].[Hg]. The van der Waals surface area contributed by atoms with Gasteiger partial charge in [0.15, 0.2) is 12.4 Å². The van der Waals surface area contributed by atoms with Crippen molar-refractivity contribution in [1.29, 1.82) is 0 Å². The predicted octanol–water partition coefficient (Wildman–Crippen LogP) is 3.46. The fraction of sp³-hybridized carbons (Fsp3) is 0.762. The molecule has 0 spiro atoms. The van der Waals surface area contributed by atoms with Gasteiger partial charge in [0.1, 0.15) is 6.54 Å². The molecule has 0 saturated carbocycles. The Kier molecular flexibility index (Phi) is 23.7. The second-order valence-corrected chi connectivity index (χ2v) is 6.71. The summed E-state index contributed by atoms with van der Waals surface area (Å²) >= 11 is 0. The van der Waals surface area contributed by atoms with Gasteiger partial charge in [-0.3, -0.25) is 0 Å². The molecule has 0 bridgehead atoms. The molecule has 1 heterocycles. The molecule has 0 saturated heterocycles. The minimum atomic E-state index is 0. The molecule has 1 nitrogen and oxygen atoms in total. The number of aromatic nitrogens is 1. The van der Waals surface area contributed by atoms with Gasteiger partial charge in [-0.25, -0.2) is 4.57 Å². The van der Waals surface area contributed by atoms with Gasteiger partial charge in [0, 0.05) is 46.2 Å². The standard InChI is InChI=1S/C21H38N.ClH.Hg/c1-2-3-4-5-6-7-8-9-10-11-12-13-14-16-19-22-20-17-15-18-21-22;;/h15,17-18,20-21H,2-14,16,19H2,1H3;1H;/q+1;;/p-1. The Morgan fingerprint density at radius 3 is 1.33 bits per heavy atom. The average molecular weight is 541 g/mol. The molecule has 0 N–H and O–H groups in total. The normalized spacial score (nSPS) is 10.0. The number of hydrogen-bond acceptors (Lipinski definition) is 0. The van der Waals surface area contributed by atoms with Gasteiger partial charge in [-0.15, -0.1) is 0 Å². The maximum Gasteiger partial charge on any atom is 0.168 e. The van der Waals surface area contributed by atoms with Crippen LogP contribution in [0.2, 0.25) is 0 Å². The first kappa shape index (κ1) is 26.6. The van der Waals surface area contributed by atoms with Crippen molar-refractivity contribution in [3.63, 3.8) is 0 Å². The van der Waals surface area contributed by atoms with Crippen LogP contribution in [0.5, 0.6) is 0 Å². The van der Waals surface area contributed by atoms with Crippen LogP contribution in [-0.2, 0) is 34.2 Å². The van der Waals surface area contributed by atoms with E-state index in [0.29, 0.717) is 0 Å². The Morgan fingerprint density at radius 1 is 0.542 bits per heavy atom. The van der Waals surface area contributed by atoms with E-state index in [1.807, 2.05) is 0 Å². The Labute approximate surface area is 177 Å². The number of halogens is 1. The molecule has 1 aromatic heterocycles. The van der Waals surface area contributed by atoms with Gasteiger partial charge in [0.2, 0.25) is 0 Å². The number of aryl methyl sites for hydroxylation is 1. The smallest absolute Gasteiger partial charge is 0.168 e. The first-order valence-corrected chi connectivity index (χ1v) is 9.87. The number of pyridine rings is 1. The van der Waals surface area contributed by atoms with Gasteiger partial charge in [0.25, 0.3) is 0 Å². The molecule has 0 aliphatic rings. The summed E-state index contributed by atoms with van der Waals surface area (Å²) in [4.78, 5) is 0. The van der Waals surface area contributed by atoms with E-state index < -0.39 is 0 Å². The van der Waals surface area contributed by atoms with Crippen LogP contribution < -0.4 is 17.0 Å². The van der Waals surface area contributed by atoms with E-state index in [0.717, 1.165) is 0 Å². The van der Waals surface area contributed by atoms with Gasteiger partial charge < -0.3 is 12.4 Å². The van der Waals surface area contributed by atoms with Crippen molar-refractivity contribution in [3.8, 4) is 0 Å². The second-order valence-electron chi connectivity index (χ2n) is 6.71. The van der Waals surface area contributed by atoms with Gasteiger partial charge in [-0.05, 0) is 6.42 Å². The molecule has 0 amide bonds. The molecule has 0 aliphatic carbocycles. The molecule has 3 heteroatoms. The van der Waals surface area contributed by atoms with Crippen molar-refractivity contribution in [2.45, 2.75) is 103 Å². The van der Waals surface area contributed by atoms with Crippen molar-refractivity contribution in [2.24, 2.45) is 0 Å². The topological polar surface area (TPSA) is 3.88 Å². The summed E-state index contributed by atoms with van der Waals surface area (Å²) in [6, 6.07) is 6.31. The maximum absolute atomic E-state index is 2.29. The third kappa shape index (κ3) is 17.2. The van der Waals surface area contributed by atoms with Crippen LogP contribution in [-0.4, -0.2) is 0 Å². The fourth-order valence-electron chi connectivity index (χ4n) is 3.07. The second kappa shape index (κ2) is 21.4. The summed E-state index contributed by atoms with van der Waals surface area (Å²) in [6.45, 7) is 3.47. The molecular formula is C21H38ClHgN. The molecule has 0 unspecified atom stereocenters. The zero-order valence-corrected chi connectivity index (χ0v) is 22.3. The van der Waals surface area contributed by atoms with Crippen molar-refractivity contribution in [2.75, 3.05) is 0 Å². The van der Waals surface area contributed by atoms with E-state index in [9.17, 15) is 0 Å². The van der Waals surface area contributed by atoms with Crippen LogP contribution >= 0.6 is 0 Å². The predicted molar refractivity (Wildman–Crippen MR) is 96.9 cm³/mol. The van der Waals surface area contributed by atoms with Gasteiger partial charge in [0.05, 0.1) is 0 Å². The molecule has 1 rings (SSSR count). The summed E-state index contributed by atoms with van der Waals surface area (Å²) in [7, 11) is 0. The molecule has 1 aromatic rings. The molecular weight excluding hydrogens is 502 g/mol. The third-order valence-electron chi connectivity index (χ3n) is 4.55. The van der Waals surface area contributed by atoms with Crippen molar-refractivity contribution in [3.05, 3.63) is 30.6 Å². The van der Waals surface area contributed by atoms with Crippen LogP contribution in [0.3, 0.4) is 0 Å². The van der Waals surface area contributed by atoms with E-state index in [1.165, 1.54) is 96.4 Å². The van der Waals surface area contributed by atoms with Crippen molar-refractivity contribution in [1.82, 2.24) is 0 Å². The molecule has 0 atom stereocenters. The van der Waals surface area contributed by atoms with E-state index in [2.05, 4.69) is 42.1 Å². The van der Waals surface area contributed by atoms with Gasteiger partial charge in [-0.1, -0.05) is 90.0 Å². The van der Waals surface area contributed by atoms with Crippen LogP contribution in [0.4, 0.5) is 0 Å². The van der Waals surface area contributed by atoms with Crippen LogP contribution in [0, 0.1) is 0 Å². The van der Waals surface area contributed by atoms with E-state index >= 15 is 0 Å². The Balaban J connectivity index is 0. The van der Waals surface area contributed by atoms with E-state index in [1.54, 1.807) is 0 Å². The number of unbranched alkanes of at least 4 members (excludes halogenated alkanes) is 13. The van der Waals surface area contributed by atoms with E-state index in [-0.39, 0.29) is 40.1 Å². The molecule has 24 heavy (non-hydrogen) atoms. The summed E-state index contributed by atoms with van der Waals surface area (Å²) < 4.78 is 2.29. The fourth-order valence-corrected chi connectivity index (χ4v) is 3.07. The number of nitrogens with zero attached hydrogens (tertiary/aromatic N) is 1. The average Bonchev–Trinajstić information content (AvgIpc) is 2.56. The van der Waals surface area contributed by atoms with Crippen LogP contribution in [0.15, 0.2) is 30.6 Å². The Hall–Kier alpha value is 0.375. The Bertz CT molecular complexity index is 332. The largest absolute Gasteiger partial charge is 1.00 e. The first-order chi connectivity index (χ1) is 10.9. The quantitative estimate of drug-likeness (QED) is 0.182. The van der Waals surface area contributed by atoms with E-state index in [4.69, 9.17) is 0 Å². The molecule has 0 aliphatic heterocycles. The molecule has 0 aromatic carbocycles. The minimum absolute atomic E-state index is 0. The zero-order chi connectivity index (χ0) is 15.7. The maximum atomic E-state index is 2.29. The monoisotopic (exact) mass is 541 g/mol. The number of hydrogen-bond donors (Lipinski definition) is 0. The first-order valence-electron chi connectivity index (χ1n) is 9.87. The van der Waals surface area contributed by atoms with Gasteiger partial charge in [-0.2, -0.15) is 0 Å². The molecule has 136 valence electrons. The van der Waals surface area contributed by atoms with Crippen LogP contribution in [0.25, 0.3) is 0 Å². The summed E-state index contributed by atoms with van der Waals surface area (Å²) in [5, 5.41) is 0. The summed E-state index contributed by atoms with van der Waals surface area (Å²) in [5.41, 5.74) is 0. The molecule has 0 radical (unpaired) electrons. The Morgan fingerprint density at radius 2 is 0.917 bits per heavy atom. The summed E-state index contributed by atoms with van der Waals surface area (Å²) in [5.74, 6) is 0. The van der Waals surface area contributed by atoms with Crippen molar-refractivity contribution < 1.29 is 44.6 Å². The molecule has 0 fully saturated rings. The van der Waals surface area contributed by atoms with Gasteiger partial charge >= 0.3 is 0 Å². The minimum Gasteiger partial charge on any atom is -1.00 e. The van der Waals surface area contributed by atoms with Crippen molar-refractivity contribution >= 4 is 0 Å².